The van der Waals surface area contributed by atoms with E-state index in [1.807, 2.05) is 66.8 Å². The molecule has 1 unspecified atom stereocenters. The van der Waals surface area contributed by atoms with Crippen molar-refractivity contribution in [3.63, 3.8) is 0 Å². The van der Waals surface area contributed by atoms with Gasteiger partial charge < -0.3 is 4.90 Å². The molecule has 2 aromatic carbocycles. The quantitative estimate of drug-likeness (QED) is 0.404. The summed E-state index contributed by atoms with van der Waals surface area (Å²) in [6.45, 7) is 7.29. The van der Waals surface area contributed by atoms with Crippen molar-refractivity contribution < 1.29 is 4.79 Å². The fourth-order valence-corrected chi connectivity index (χ4v) is 4.95. The van der Waals surface area contributed by atoms with Crippen LogP contribution in [0.5, 0.6) is 0 Å². The molecule has 1 atom stereocenters. The molecule has 2 heterocycles. The van der Waals surface area contributed by atoms with Crippen LogP contribution >= 0.6 is 11.3 Å². The van der Waals surface area contributed by atoms with Crippen LogP contribution in [-0.4, -0.2) is 27.1 Å². The maximum atomic E-state index is 13.4. The second-order valence-electron chi connectivity index (χ2n) is 7.56. The third-order valence-corrected chi connectivity index (χ3v) is 6.72. The van der Waals surface area contributed by atoms with Crippen LogP contribution in [0.3, 0.4) is 0 Å². The Labute approximate surface area is 186 Å². The van der Waals surface area contributed by atoms with E-state index < -0.39 is 0 Å². The van der Waals surface area contributed by atoms with Gasteiger partial charge in [0.25, 0.3) is 5.91 Å². The Morgan fingerprint density at radius 1 is 1.19 bits per heavy atom. The van der Waals surface area contributed by atoms with E-state index in [2.05, 4.69) is 23.3 Å². The summed E-state index contributed by atoms with van der Waals surface area (Å²) in [5.41, 5.74) is 3.75. The second-order valence-corrected chi connectivity index (χ2v) is 8.59. The number of aromatic nitrogens is 2. The van der Waals surface area contributed by atoms with Gasteiger partial charge in [-0.1, -0.05) is 42.5 Å². The van der Waals surface area contributed by atoms with E-state index in [4.69, 9.17) is 5.26 Å². The zero-order chi connectivity index (χ0) is 22.0. The van der Waals surface area contributed by atoms with E-state index in [-0.39, 0.29) is 11.9 Å². The topological polar surface area (TPSA) is 61.9 Å². The number of aryl methyl sites for hydroxylation is 1. The standard InChI is InChI=1S/C25H24N4OS/c1-4-28(18(3)21-12-10-19(15-26)11-13-21)24(30)23-14-22-17(2)27-29(25(22)31-23)16-20-8-6-5-7-9-20/h5-14,18H,4,16H2,1-3H3. The number of rotatable bonds is 6. The van der Waals surface area contributed by atoms with Gasteiger partial charge in [0.1, 0.15) is 4.83 Å². The van der Waals surface area contributed by atoms with Gasteiger partial charge in [0.05, 0.1) is 34.8 Å². The van der Waals surface area contributed by atoms with Crippen molar-refractivity contribution in [3.05, 3.63) is 87.9 Å². The number of fused-ring (bicyclic) bond motifs is 1. The Kier molecular flexibility index (Phi) is 5.88. The number of carbonyl (C=O) groups excluding carboxylic acids is 1. The fraction of sp³-hybridized carbons (Fsp3) is 0.240. The lowest BCUT2D eigenvalue weighted by Crippen LogP contribution is -2.32. The van der Waals surface area contributed by atoms with Gasteiger partial charge in [-0.15, -0.1) is 11.3 Å². The normalized spacial score (nSPS) is 11.9. The minimum Gasteiger partial charge on any atom is -0.331 e. The van der Waals surface area contributed by atoms with Crippen LogP contribution in [-0.2, 0) is 6.54 Å². The van der Waals surface area contributed by atoms with Crippen molar-refractivity contribution in [2.24, 2.45) is 0 Å². The molecule has 6 heteroatoms. The van der Waals surface area contributed by atoms with E-state index in [1.165, 1.54) is 16.9 Å². The first-order chi connectivity index (χ1) is 15.0. The van der Waals surface area contributed by atoms with Gasteiger partial charge in [-0.25, -0.2) is 0 Å². The molecule has 0 saturated heterocycles. The molecule has 4 rings (SSSR count). The molecule has 1 amide bonds. The Hall–Kier alpha value is -3.43. The largest absolute Gasteiger partial charge is 0.331 e. The summed E-state index contributed by atoms with van der Waals surface area (Å²) in [6, 6.07) is 21.7. The van der Waals surface area contributed by atoms with Crippen molar-refractivity contribution >= 4 is 27.5 Å². The monoisotopic (exact) mass is 428 g/mol. The third-order valence-electron chi connectivity index (χ3n) is 5.58. The van der Waals surface area contributed by atoms with Crippen LogP contribution in [0.25, 0.3) is 10.2 Å². The predicted molar refractivity (Wildman–Crippen MR) is 124 cm³/mol. The summed E-state index contributed by atoms with van der Waals surface area (Å²) in [6.07, 6.45) is 0. The van der Waals surface area contributed by atoms with E-state index in [9.17, 15) is 4.79 Å². The summed E-state index contributed by atoms with van der Waals surface area (Å²) in [5, 5.41) is 14.7. The molecule has 2 aromatic heterocycles. The van der Waals surface area contributed by atoms with Crippen LogP contribution in [0.2, 0.25) is 0 Å². The fourth-order valence-electron chi connectivity index (χ4n) is 3.83. The molecule has 0 spiro atoms. The van der Waals surface area contributed by atoms with Crippen molar-refractivity contribution in [2.75, 3.05) is 6.54 Å². The van der Waals surface area contributed by atoms with Crippen molar-refractivity contribution in [3.8, 4) is 6.07 Å². The van der Waals surface area contributed by atoms with Gasteiger partial charge in [-0.2, -0.15) is 10.4 Å². The summed E-state index contributed by atoms with van der Waals surface area (Å²) < 4.78 is 1.99. The number of hydrogen-bond acceptors (Lipinski definition) is 4. The third kappa shape index (κ3) is 4.10. The highest BCUT2D eigenvalue weighted by Crippen LogP contribution is 2.31. The summed E-state index contributed by atoms with van der Waals surface area (Å²) in [7, 11) is 0. The Bertz CT molecular complexity index is 1250. The average molecular weight is 429 g/mol. The smallest absolute Gasteiger partial charge is 0.264 e. The van der Waals surface area contributed by atoms with Gasteiger partial charge in [-0.05, 0) is 50.1 Å². The lowest BCUT2D eigenvalue weighted by Gasteiger charge is -2.28. The molecule has 4 aromatic rings. The molecule has 0 saturated carbocycles. The van der Waals surface area contributed by atoms with E-state index in [0.717, 1.165) is 26.4 Å². The zero-order valence-corrected chi connectivity index (χ0v) is 18.7. The number of amides is 1. The second kappa shape index (κ2) is 8.75. The first kappa shape index (κ1) is 20.8. The first-order valence-corrected chi connectivity index (χ1v) is 11.2. The molecule has 0 aliphatic heterocycles. The Morgan fingerprint density at radius 3 is 2.55 bits per heavy atom. The van der Waals surface area contributed by atoms with Gasteiger partial charge in [0.2, 0.25) is 0 Å². The zero-order valence-electron chi connectivity index (χ0n) is 17.9. The van der Waals surface area contributed by atoms with Crippen molar-refractivity contribution in [2.45, 2.75) is 33.4 Å². The van der Waals surface area contributed by atoms with Gasteiger partial charge in [0.15, 0.2) is 0 Å². The Balaban J connectivity index is 1.63. The highest BCUT2D eigenvalue weighted by atomic mass is 32.1. The average Bonchev–Trinajstić information content (AvgIpc) is 3.36. The lowest BCUT2D eigenvalue weighted by molar-refractivity contribution is 0.0707. The molecule has 0 aliphatic rings. The Morgan fingerprint density at radius 2 is 1.90 bits per heavy atom. The molecule has 0 N–H and O–H groups in total. The highest BCUT2D eigenvalue weighted by Gasteiger charge is 2.24. The van der Waals surface area contributed by atoms with Crippen LogP contribution < -0.4 is 0 Å². The molecule has 0 fully saturated rings. The van der Waals surface area contributed by atoms with E-state index in [1.54, 1.807) is 12.1 Å². The van der Waals surface area contributed by atoms with Crippen LogP contribution in [0.15, 0.2) is 60.7 Å². The summed E-state index contributed by atoms with van der Waals surface area (Å²) in [5.74, 6) is 0.0196. The minimum atomic E-state index is -0.0858. The van der Waals surface area contributed by atoms with E-state index >= 15 is 0 Å². The predicted octanol–water partition coefficient (Wildman–Crippen LogP) is 5.55. The number of nitrogens with zero attached hydrogens (tertiary/aromatic N) is 4. The maximum Gasteiger partial charge on any atom is 0.264 e. The summed E-state index contributed by atoms with van der Waals surface area (Å²) >= 11 is 1.50. The van der Waals surface area contributed by atoms with Gasteiger partial charge in [-0.3, -0.25) is 9.48 Å². The molecule has 0 aliphatic carbocycles. The molecular formula is C25H24N4OS. The van der Waals surface area contributed by atoms with Crippen LogP contribution in [0.4, 0.5) is 0 Å². The number of benzene rings is 2. The van der Waals surface area contributed by atoms with Crippen molar-refractivity contribution in [1.82, 2.24) is 14.7 Å². The molecular weight excluding hydrogens is 404 g/mol. The van der Waals surface area contributed by atoms with Crippen molar-refractivity contribution in [1.29, 1.82) is 5.26 Å². The molecule has 0 radical (unpaired) electrons. The summed E-state index contributed by atoms with van der Waals surface area (Å²) in [4.78, 5) is 17.0. The van der Waals surface area contributed by atoms with Crippen LogP contribution in [0, 0.1) is 18.3 Å². The SMILES string of the molecule is CCN(C(=O)c1cc2c(C)nn(Cc3ccccc3)c2s1)C(C)c1ccc(C#N)cc1. The van der Waals surface area contributed by atoms with Gasteiger partial charge in [0, 0.05) is 11.9 Å². The van der Waals surface area contributed by atoms with Gasteiger partial charge >= 0.3 is 0 Å². The maximum absolute atomic E-state index is 13.4. The minimum absolute atomic E-state index is 0.0196. The number of nitriles is 1. The lowest BCUT2D eigenvalue weighted by atomic mass is 10.0. The molecule has 5 nitrogen and oxygen atoms in total. The molecule has 0 bridgehead atoms. The number of hydrogen-bond donors (Lipinski definition) is 0. The highest BCUT2D eigenvalue weighted by molar-refractivity contribution is 7.20. The van der Waals surface area contributed by atoms with E-state index in [0.29, 0.717) is 18.7 Å². The number of thiophene rings is 1. The number of carbonyl (C=O) groups is 1. The molecule has 156 valence electrons. The molecule has 31 heavy (non-hydrogen) atoms. The van der Waals surface area contributed by atoms with Crippen LogP contribution in [0.1, 0.15) is 51.9 Å². The first-order valence-electron chi connectivity index (χ1n) is 10.3.